The van der Waals surface area contributed by atoms with Gasteiger partial charge >= 0.3 is 0 Å². The van der Waals surface area contributed by atoms with Gasteiger partial charge in [0.2, 0.25) is 0 Å². The van der Waals surface area contributed by atoms with Crippen LogP contribution in [0, 0.1) is 5.92 Å². The van der Waals surface area contributed by atoms with Crippen molar-refractivity contribution in [1.82, 2.24) is 4.90 Å². The maximum Gasteiger partial charge on any atom is 0.184 e. The predicted octanol–water partition coefficient (Wildman–Crippen LogP) is 4.43. The molecule has 3 aromatic carbocycles. The zero-order valence-electron chi connectivity index (χ0n) is 20.9. The van der Waals surface area contributed by atoms with E-state index >= 15 is 0 Å². The third-order valence-electron chi connectivity index (χ3n) is 7.40. The number of hydrogen-bond donors (Lipinski definition) is 2. The SMILES string of the molecule is C[C@@H]1[C@H](CN2CCOCC2)O[C@H](c2ccc(-c3ccccc3CN)cc2)O[C@@H]1c1ccc(CO)cc1. The van der Waals surface area contributed by atoms with Crippen molar-refractivity contribution in [3.63, 3.8) is 0 Å². The fraction of sp³-hybridized carbons (Fsp3) is 0.400. The summed E-state index contributed by atoms with van der Waals surface area (Å²) in [6.45, 7) is 6.96. The van der Waals surface area contributed by atoms with Crippen LogP contribution < -0.4 is 5.73 Å². The Balaban J connectivity index is 1.40. The van der Waals surface area contributed by atoms with E-state index in [2.05, 4.69) is 60.4 Å². The second-order valence-corrected chi connectivity index (χ2v) is 9.72. The molecular formula is C30H36N2O4. The molecule has 36 heavy (non-hydrogen) atoms. The van der Waals surface area contributed by atoms with E-state index in [1.165, 1.54) is 0 Å². The smallest absolute Gasteiger partial charge is 0.184 e. The van der Waals surface area contributed by atoms with E-state index in [1.54, 1.807) is 0 Å². The number of aliphatic hydroxyl groups is 1. The molecule has 0 spiro atoms. The number of ether oxygens (including phenoxy) is 3. The molecule has 2 aliphatic heterocycles. The molecule has 0 aromatic heterocycles. The average Bonchev–Trinajstić information content (AvgIpc) is 2.95. The van der Waals surface area contributed by atoms with E-state index in [9.17, 15) is 5.11 Å². The van der Waals surface area contributed by atoms with E-state index in [1.807, 2.05) is 24.3 Å². The van der Waals surface area contributed by atoms with Gasteiger partial charge in [-0.2, -0.15) is 0 Å². The summed E-state index contributed by atoms with van der Waals surface area (Å²) >= 11 is 0. The minimum atomic E-state index is -0.464. The summed E-state index contributed by atoms with van der Waals surface area (Å²) in [5.74, 6) is 0.166. The molecule has 3 aromatic rings. The molecule has 0 bridgehead atoms. The van der Waals surface area contributed by atoms with Crippen molar-refractivity contribution in [2.24, 2.45) is 11.7 Å². The molecule has 0 saturated carbocycles. The van der Waals surface area contributed by atoms with E-state index in [4.69, 9.17) is 19.9 Å². The van der Waals surface area contributed by atoms with Crippen LogP contribution in [0.1, 0.15) is 41.6 Å². The number of nitrogens with two attached hydrogens (primary N) is 1. The molecule has 4 atom stereocenters. The molecule has 3 N–H and O–H groups in total. The topological polar surface area (TPSA) is 77.2 Å². The molecule has 2 fully saturated rings. The summed E-state index contributed by atoms with van der Waals surface area (Å²) in [4.78, 5) is 2.42. The van der Waals surface area contributed by atoms with Crippen LogP contribution in [0.25, 0.3) is 11.1 Å². The first-order chi connectivity index (χ1) is 17.7. The molecule has 190 valence electrons. The van der Waals surface area contributed by atoms with Crippen LogP contribution in [0.15, 0.2) is 72.8 Å². The lowest BCUT2D eigenvalue weighted by molar-refractivity contribution is -0.277. The van der Waals surface area contributed by atoms with Crippen LogP contribution in [0.2, 0.25) is 0 Å². The highest BCUT2D eigenvalue weighted by atomic mass is 16.7. The Bertz CT molecular complexity index is 1110. The van der Waals surface area contributed by atoms with Crippen molar-refractivity contribution in [2.45, 2.75) is 38.6 Å². The Labute approximate surface area is 213 Å². The first-order valence-corrected chi connectivity index (χ1v) is 12.9. The van der Waals surface area contributed by atoms with E-state index in [0.717, 1.165) is 66.2 Å². The van der Waals surface area contributed by atoms with Crippen LogP contribution in [-0.2, 0) is 27.4 Å². The van der Waals surface area contributed by atoms with Gasteiger partial charge in [0.1, 0.15) is 0 Å². The number of hydrogen-bond acceptors (Lipinski definition) is 6. The van der Waals surface area contributed by atoms with Crippen LogP contribution >= 0.6 is 0 Å². The molecule has 0 unspecified atom stereocenters. The summed E-state index contributed by atoms with van der Waals surface area (Å²) < 4.78 is 18.8. The fourth-order valence-corrected chi connectivity index (χ4v) is 5.17. The molecule has 5 rings (SSSR count). The molecule has 6 heteroatoms. The number of morpholine rings is 1. The maximum absolute atomic E-state index is 9.47. The summed E-state index contributed by atoms with van der Waals surface area (Å²) in [7, 11) is 0. The molecular weight excluding hydrogens is 452 g/mol. The molecule has 6 nitrogen and oxygen atoms in total. The normalized spacial score (nSPS) is 25.1. The summed E-state index contributed by atoms with van der Waals surface area (Å²) in [5, 5.41) is 9.47. The minimum absolute atomic E-state index is 0.0158. The third kappa shape index (κ3) is 5.54. The number of benzene rings is 3. The first kappa shape index (κ1) is 25.1. The van der Waals surface area contributed by atoms with Crippen molar-refractivity contribution in [3.05, 3.63) is 95.1 Å². The van der Waals surface area contributed by atoms with Crippen LogP contribution in [0.3, 0.4) is 0 Å². The number of rotatable bonds is 7. The Kier molecular flexibility index (Phi) is 8.12. The van der Waals surface area contributed by atoms with Crippen molar-refractivity contribution in [2.75, 3.05) is 32.8 Å². The van der Waals surface area contributed by atoms with Gasteiger partial charge in [0.15, 0.2) is 6.29 Å². The molecule has 2 heterocycles. The lowest BCUT2D eigenvalue weighted by Crippen LogP contribution is -2.47. The van der Waals surface area contributed by atoms with Crippen LogP contribution in [0.4, 0.5) is 0 Å². The zero-order chi connectivity index (χ0) is 24.9. The highest BCUT2D eigenvalue weighted by Crippen LogP contribution is 2.42. The van der Waals surface area contributed by atoms with Crippen molar-refractivity contribution in [3.8, 4) is 11.1 Å². The van der Waals surface area contributed by atoms with Crippen molar-refractivity contribution >= 4 is 0 Å². The maximum atomic E-state index is 9.47. The van der Waals surface area contributed by atoms with Gasteiger partial charge in [-0.05, 0) is 27.8 Å². The van der Waals surface area contributed by atoms with Gasteiger partial charge < -0.3 is 25.1 Å². The Hall–Kier alpha value is -2.58. The zero-order valence-corrected chi connectivity index (χ0v) is 20.9. The van der Waals surface area contributed by atoms with Crippen molar-refractivity contribution < 1.29 is 19.3 Å². The second-order valence-electron chi connectivity index (χ2n) is 9.72. The third-order valence-corrected chi connectivity index (χ3v) is 7.40. The highest BCUT2D eigenvalue weighted by Gasteiger charge is 2.39. The van der Waals surface area contributed by atoms with E-state index in [0.29, 0.717) is 6.54 Å². The van der Waals surface area contributed by atoms with E-state index in [-0.39, 0.29) is 24.7 Å². The molecule has 2 aliphatic rings. The number of aliphatic hydroxyl groups excluding tert-OH is 1. The molecule has 0 amide bonds. The Morgan fingerprint density at radius 3 is 2.28 bits per heavy atom. The minimum Gasteiger partial charge on any atom is -0.392 e. The van der Waals surface area contributed by atoms with Gasteiger partial charge in [0, 0.05) is 37.7 Å². The lowest BCUT2D eigenvalue weighted by atomic mass is 9.90. The van der Waals surface area contributed by atoms with Gasteiger partial charge in [-0.25, -0.2) is 0 Å². The van der Waals surface area contributed by atoms with Crippen molar-refractivity contribution in [1.29, 1.82) is 0 Å². The molecule has 0 aliphatic carbocycles. The summed E-state index contributed by atoms with van der Waals surface area (Å²) in [6.07, 6.45) is -0.559. The fourth-order valence-electron chi connectivity index (χ4n) is 5.17. The Morgan fingerprint density at radius 2 is 1.58 bits per heavy atom. The second kappa shape index (κ2) is 11.6. The van der Waals surface area contributed by atoms with Gasteiger partial charge in [-0.1, -0.05) is 79.7 Å². The van der Waals surface area contributed by atoms with Crippen LogP contribution in [0.5, 0.6) is 0 Å². The summed E-state index contributed by atoms with van der Waals surface area (Å²) in [5.41, 5.74) is 12.4. The average molecular weight is 489 g/mol. The van der Waals surface area contributed by atoms with Gasteiger partial charge in [-0.3, -0.25) is 4.90 Å². The largest absolute Gasteiger partial charge is 0.392 e. The standard InChI is InChI=1S/C30H36N2O4/c1-21-28(19-32-14-16-34-17-15-32)35-30(36-29(21)24-8-6-22(20-33)7-9-24)25-12-10-23(11-13-25)27-5-3-2-4-26(27)18-31/h2-13,21,28-30,33H,14-20,31H2,1H3/t21-,28+,29+,30+/m1/s1. The predicted molar refractivity (Wildman–Crippen MR) is 140 cm³/mol. The van der Waals surface area contributed by atoms with Crippen LogP contribution in [-0.4, -0.2) is 49.0 Å². The lowest BCUT2D eigenvalue weighted by Gasteiger charge is -2.43. The number of nitrogens with zero attached hydrogens (tertiary/aromatic N) is 1. The van der Waals surface area contributed by atoms with E-state index < -0.39 is 6.29 Å². The monoisotopic (exact) mass is 488 g/mol. The quantitative estimate of drug-likeness (QED) is 0.513. The van der Waals surface area contributed by atoms with Gasteiger partial charge in [-0.15, -0.1) is 0 Å². The van der Waals surface area contributed by atoms with Gasteiger partial charge in [0.25, 0.3) is 0 Å². The highest BCUT2D eigenvalue weighted by molar-refractivity contribution is 5.67. The first-order valence-electron chi connectivity index (χ1n) is 12.9. The molecule has 0 radical (unpaired) electrons. The summed E-state index contributed by atoms with van der Waals surface area (Å²) in [6, 6.07) is 24.7. The van der Waals surface area contributed by atoms with Gasteiger partial charge in [0.05, 0.1) is 32.0 Å². The molecule has 2 saturated heterocycles. The Morgan fingerprint density at radius 1 is 0.889 bits per heavy atom.